The molecule has 3 nitrogen and oxygen atoms in total. The average molecular weight is 267 g/mol. The fourth-order valence-corrected chi connectivity index (χ4v) is 2.41. The number of allylic oxidation sites excluding steroid dienone is 1. The fourth-order valence-electron chi connectivity index (χ4n) is 2.11. The predicted molar refractivity (Wildman–Crippen MR) is 68.6 cm³/mol. The largest absolute Gasteiger partial charge is 0.461 e. The van der Waals surface area contributed by atoms with Gasteiger partial charge in [0.25, 0.3) is 0 Å². The van der Waals surface area contributed by atoms with E-state index in [1.807, 2.05) is 0 Å². The van der Waals surface area contributed by atoms with Crippen LogP contribution in [0.5, 0.6) is 0 Å². The third-order valence-electron chi connectivity index (χ3n) is 3.03. The third kappa shape index (κ3) is 2.49. The van der Waals surface area contributed by atoms with E-state index in [1.54, 1.807) is 13.0 Å². The summed E-state index contributed by atoms with van der Waals surface area (Å²) >= 11 is 6.14. The van der Waals surface area contributed by atoms with Gasteiger partial charge in [-0.05, 0) is 31.6 Å². The van der Waals surface area contributed by atoms with Gasteiger partial charge in [-0.3, -0.25) is 0 Å². The van der Waals surface area contributed by atoms with Gasteiger partial charge in [0, 0.05) is 12.5 Å². The maximum absolute atomic E-state index is 10.1. The van der Waals surface area contributed by atoms with Gasteiger partial charge < -0.3 is 14.6 Å². The zero-order valence-corrected chi connectivity index (χ0v) is 11.0. The van der Waals surface area contributed by atoms with Crippen LogP contribution < -0.4 is 0 Å². The molecule has 0 amide bonds. The Morgan fingerprint density at radius 3 is 2.94 bits per heavy atom. The molecule has 2 aliphatic rings. The minimum absolute atomic E-state index is 0.455. The summed E-state index contributed by atoms with van der Waals surface area (Å²) in [7, 11) is 0. The first kappa shape index (κ1) is 13.3. The van der Waals surface area contributed by atoms with Gasteiger partial charge >= 0.3 is 0 Å². The molecule has 0 radical (unpaired) electrons. The summed E-state index contributed by atoms with van der Waals surface area (Å²) in [6, 6.07) is 0. The van der Waals surface area contributed by atoms with Gasteiger partial charge in [-0.15, -0.1) is 11.6 Å². The Balaban J connectivity index is 2.16. The van der Waals surface area contributed by atoms with Crippen LogP contribution in [0.1, 0.15) is 26.2 Å². The summed E-state index contributed by atoms with van der Waals surface area (Å²) in [6.07, 6.45) is 3.29. The smallest absolute Gasteiger partial charge is 0.238 e. The zero-order valence-electron chi connectivity index (χ0n) is 10.2. The highest BCUT2D eigenvalue weighted by molar-refractivity contribution is 6.23. The highest BCUT2D eigenvalue weighted by Gasteiger charge is 2.54. The number of aliphatic hydroxyl groups excluding tert-OH is 1. The molecule has 0 aromatic heterocycles. The van der Waals surface area contributed by atoms with Crippen molar-refractivity contribution in [3.63, 3.8) is 0 Å². The summed E-state index contributed by atoms with van der Waals surface area (Å²) in [5.74, 6) is 10.1. The highest BCUT2D eigenvalue weighted by atomic mass is 35.5. The minimum atomic E-state index is -0.978. The Hall–Kier alpha value is -1.13. The Kier molecular flexibility index (Phi) is 4.19. The zero-order chi connectivity index (χ0) is 13.0. The van der Waals surface area contributed by atoms with E-state index >= 15 is 0 Å². The molecule has 96 valence electrons. The predicted octanol–water partition coefficient (Wildman–Crippen LogP) is 1.79. The SMILES string of the molecule is CC#CC#CC=C1OC2(CCCCO2)C(O)C1Cl. The maximum atomic E-state index is 10.1. The van der Waals surface area contributed by atoms with E-state index in [2.05, 4.69) is 23.7 Å². The van der Waals surface area contributed by atoms with E-state index in [1.165, 1.54) is 0 Å². The number of alkyl halides is 1. The number of halogens is 1. The molecule has 3 unspecified atom stereocenters. The van der Waals surface area contributed by atoms with Crippen molar-refractivity contribution in [2.75, 3.05) is 6.61 Å². The Labute approximate surface area is 112 Å². The van der Waals surface area contributed by atoms with Crippen molar-refractivity contribution in [2.45, 2.75) is 43.5 Å². The van der Waals surface area contributed by atoms with Crippen LogP contribution in [0, 0.1) is 23.7 Å². The monoisotopic (exact) mass is 266 g/mol. The molecule has 2 rings (SSSR count). The lowest BCUT2D eigenvalue weighted by Gasteiger charge is -2.34. The molecule has 4 heteroatoms. The van der Waals surface area contributed by atoms with Crippen LogP contribution in [-0.2, 0) is 9.47 Å². The van der Waals surface area contributed by atoms with E-state index in [-0.39, 0.29) is 0 Å². The van der Waals surface area contributed by atoms with Gasteiger partial charge in [-0.25, -0.2) is 0 Å². The normalized spacial score (nSPS) is 36.5. The first-order chi connectivity index (χ1) is 8.69. The van der Waals surface area contributed by atoms with E-state index in [0.717, 1.165) is 12.8 Å². The van der Waals surface area contributed by atoms with Crippen LogP contribution in [0.3, 0.4) is 0 Å². The van der Waals surface area contributed by atoms with Crippen molar-refractivity contribution in [1.82, 2.24) is 0 Å². The lowest BCUT2D eigenvalue weighted by molar-refractivity contribution is -0.253. The molecule has 0 aliphatic carbocycles. The molecule has 3 atom stereocenters. The fraction of sp³-hybridized carbons (Fsp3) is 0.571. The van der Waals surface area contributed by atoms with E-state index in [4.69, 9.17) is 21.1 Å². The second kappa shape index (κ2) is 5.67. The lowest BCUT2D eigenvalue weighted by atomic mass is 10.00. The third-order valence-corrected chi connectivity index (χ3v) is 3.48. The Morgan fingerprint density at radius 2 is 2.28 bits per heavy atom. The van der Waals surface area contributed by atoms with Crippen molar-refractivity contribution < 1.29 is 14.6 Å². The molecule has 2 saturated heterocycles. The van der Waals surface area contributed by atoms with E-state index in [9.17, 15) is 5.11 Å². The molecular formula is C14H15ClO3. The van der Waals surface area contributed by atoms with Gasteiger partial charge in [0.2, 0.25) is 5.79 Å². The molecule has 1 N–H and O–H groups in total. The van der Waals surface area contributed by atoms with Crippen LogP contribution in [0.25, 0.3) is 0 Å². The van der Waals surface area contributed by atoms with Crippen molar-refractivity contribution >= 4 is 11.6 Å². The van der Waals surface area contributed by atoms with Crippen LogP contribution >= 0.6 is 11.6 Å². The molecule has 1 spiro atoms. The van der Waals surface area contributed by atoms with Crippen molar-refractivity contribution in [3.05, 3.63) is 11.8 Å². The molecular weight excluding hydrogens is 252 g/mol. The quantitative estimate of drug-likeness (QED) is 0.537. The van der Waals surface area contributed by atoms with Gasteiger partial charge in [-0.2, -0.15) is 0 Å². The van der Waals surface area contributed by atoms with Crippen LogP contribution in [-0.4, -0.2) is 29.0 Å². The van der Waals surface area contributed by atoms with Crippen molar-refractivity contribution in [2.24, 2.45) is 0 Å². The highest BCUT2D eigenvalue weighted by Crippen LogP contribution is 2.42. The van der Waals surface area contributed by atoms with Crippen molar-refractivity contribution in [1.29, 1.82) is 0 Å². The van der Waals surface area contributed by atoms with Crippen LogP contribution in [0.2, 0.25) is 0 Å². The standard InChI is InChI=1S/C14H15ClO3/c1-2-3-4-5-8-11-12(15)13(16)14(18-11)9-6-7-10-17-14/h8,12-13,16H,6-7,9-10H2,1H3. The summed E-state index contributed by atoms with van der Waals surface area (Å²) in [5, 5.41) is 9.53. The number of aliphatic hydroxyl groups is 1. The molecule has 2 fully saturated rings. The molecule has 2 heterocycles. The Bertz CT molecular complexity index is 455. The number of hydrogen-bond acceptors (Lipinski definition) is 3. The molecule has 18 heavy (non-hydrogen) atoms. The summed E-state index contributed by atoms with van der Waals surface area (Å²) in [5.41, 5.74) is 0. The average Bonchev–Trinajstić information content (AvgIpc) is 2.61. The van der Waals surface area contributed by atoms with Crippen molar-refractivity contribution in [3.8, 4) is 23.7 Å². The molecule has 0 aromatic carbocycles. The summed E-state index contributed by atoms with van der Waals surface area (Å²) in [4.78, 5) is 0. The summed E-state index contributed by atoms with van der Waals surface area (Å²) in [6.45, 7) is 2.30. The second-order valence-electron chi connectivity index (χ2n) is 4.26. The first-order valence-electron chi connectivity index (χ1n) is 5.97. The molecule has 2 aliphatic heterocycles. The van der Waals surface area contributed by atoms with E-state index < -0.39 is 17.3 Å². The molecule has 0 aromatic rings. The van der Waals surface area contributed by atoms with Crippen LogP contribution in [0.15, 0.2) is 11.8 Å². The molecule has 0 bridgehead atoms. The number of ether oxygens (including phenoxy) is 2. The molecule has 0 saturated carbocycles. The van der Waals surface area contributed by atoms with Gasteiger partial charge in [-0.1, -0.05) is 11.8 Å². The second-order valence-corrected chi connectivity index (χ2v) is 4.73. The number of rotatable bonds is 0. The Morgan fingerprint density at radius 1 is 1.44 bits per heavy atom. The van der Waals surface area contributed by atoms with Gasteiger partial charge in [0.1, 0.15) is 17.2 Å². The topological polar surface area (TPSA) is 38.7 Å². The van der Waals surface area contributed by atoms with E-state index in [0.29, 0.717) is 18.8 Å². The first-order valence-corrected chi connectivity index (χ1v) is 6.41. The number of hydrogen-bond donors (Lipinski definition) is 1. The lowest BCUT2D eigenvalue weighted by Crippen LogP contribution is -2.46. The van der Waals surface area contributed by atoms with Gasteiger partial charge in [0.15, 0.2) is 0 Å². The maximum Gasteiger partial charge on any atom is 0.238 e. The minimum Gasteiger partial charge on any atom is -0.461 e. The summed E-state index contributed by atoms with van der Waals surface area (Å²) < 4.78 is 11.3. The van der Waals surface area contributed by atoms with Crippen LogP contribution in [0.4, 0.5) is 0 Å². The van der Waals surface area contributed by atoms with Gasteiger partial charge in [0.05, 0.1) is 6.61 Å².